The highest BCUT2D eigenvalue weighted by Crippen LogP contribution is 2.28. The second kappa shape index (κ2) is 4.94. The van der Waals surface area contributed by atoms with Crippen LogP contribution < -0.4 is 0 Å². The van der Waals surface area contributed by atoms with Crippen molar-refractivity contribution in [1.82, 2.24) is 0 Å². The first-order valence-electron chi connectivity index (χ1n) is 5.87. The van der Waals surface area contributed by atoms with Gasteiger partial charge in [-0.05, 0) is 25.3 Å². The van der Waals surface area contributed by atoms with Gasteiger partial charge in [-0.2, -0.15) is 0 Å². The molecule has 80 valence electrons. The summed E-state index contributed by atoms with van der Waals surface area (Å²) in [5.41, 5.74) is 0. The lowest BCUT2D eigenvalue weighted by Crippen LogP contribution is -2.27. The molecule has 0 radical (unpaired) electrons. The van der Waals surface area contributed by atoms with Crippen molar-refractivity contribution < 1.29 is 9.47 Å². The van der Waals surface area contributed by atoms with Gasteiger partial charge in [0.15, 0.2) is 5.79 Å². The van der Waals surface area contributed by atoms with Crippen LogP contribution in [0.4, 0.5) is 0 Å². The molecule has 2 rings (SSSR count). The molecule has 0 unspecified atom stereocenters. The SMILES string of the molecule is C1=C/C2(CCCCCCC/1)OCCO2. The summed E-state index contributed by atoms with van der Waals surface area (Å²) in [6.07, 6.45) is 13.2. The quantitative estimate of drug-likeness (QED) is 0.554. The van der Waals surface area contributed by atoms with Gasteiger partial charge in [0.2, 0.25) is 0 Å². The Balaban J connectivity index is 1.97. The fourth-order valence-corrected chi connectivity index (χ4v) is 2.22. The Morgan fingerprint density at radius 3 is 2.43 bits per heavy atom. The summed E-state index contributed by atoms with van der Waals surface area (Å²) in [4.78, 5) is 0. The van der Waals surface area contributed by atoms with E-state index in [1.54, 1.807) is 0 Å². The van der Waals surface area contributed by atoms with E-state index in [9.17, 15) is 0 Å². The Labute approximate surface area is 86.3 Å². The maximum atomic E-state index is 5.70. The fraction of sp³-hybridized carbons (Fsp3) is 0.833. The van der Waals surface area contributed by atoms with E-state index in [1.165, 1.54) is 38.5 Å². The van der Waals surface area contributed by atoms with Gasteiger partial charge in [0, 0.05) is 6.42 Å². The van der Waals surface area contributed by atoms with E-state index in [4.69, 9.17) is 9.47 Å². The van der Waals surface area contributed by atoms with Gasteiger partial charge in [-0.25, -0.2) is 0 Å². The van der Waals surface area contributed by atoms with E-state index in [-0.39, 0.29) is 5.79 Å². The van der Waals surface area contributed by atoms with Crippen LogP contribution in [0.2, 0.25) is 0 Å². The summed E-state index contributed by atoms with van der Waals surface area (Å²) in [6, 6.07) is 0. The van der Waals surface area contributed by atoms with E-state index >= 15 is 0 Å². The van der Waals surface area contributed by atoms with E-state index in [0.29, 0.717) is 0 Å². The van der Waals surface area contributed by atoms with Crippen LogP contribution in [0, 0.1) is 0 Å². The smallest absolute Gasteiger partial charge is 0.187 e. The molecule has 0 aromatic carbocycles. The van der Waals surface area contributed by atoms with Crippen molar-refractivity contribution in [3.8, 4) is 0 Å². The highest BCUT2D eigenvalue weighted by atomic mass is 16.7. The van der Waals surface area contributed by atoms with Crippen LogP contribution in [0.25, 0.3) is 0 Å². The van der Waals surface area contributed by atoms with Crippen molar-refractivity contribution in [2.45, 2.75) is 50.7 Å². The molecule has 1 heterocycles. The summed E-state index contributed by atoms with van der Waals surface area (Å²) in [6.45, 7) is 1.51. The highest BCUT2D eigenvalue weighted by molar-refractivity contribution is 4.98. The normalized spacial score (nSPS) is 30.3. The molecule has 2 heteroatoms. The third-order valence-corrected chi connectivity index (χ3v) is 3.04. The number of ether oxygens (including phenoxy) is 2. The van der Waals surface area contributed by atoms with Crippen LogP contribution >= 0.6 is 0 Å². The number of hydrogen-bond donors (Lipinski definition) is 0. The van der Waals surface area contributed by atoms with Gasteiger partial charge in [-0.1, -0.05) is 25.3 Å². The largest absolute Gasteiger partial charge is 0.344 e. The number of rotatable bonds is 0. The van der Waals surface area contributed by atoms with Crippen molar-refractivity contribution in [3.05, 3.63) is 12.2 Å². The average molecular weight is 196 g/mol. The first kappa shape index (κ1) is 10.2. The molecule has 1 fully saturated rings. The molecule has 0 saturated carbocycles. The zero-order chi connectivity index (χ0) is 9.69. The third kappa shape index (κ3) is 2.58. The monoisotopic (exact) mass is 196 g/mol. The van der Waals surface area contributed by atoms with Crippen molar-refractivity contribution in [1.29, 1.82) is 0 Å². The standard InChI is InChI=1S/C12H20O2/c1-2-4-6-8-12(9-7-5-3-1)13-10-11-14-12/h6,8H,1-5,7,9-11H2/b8-6+. The Kier molecular flexibility index (Phi) is 3.60. The number of allylic oxidation sites excluding steroid dienone is 1. The fourth-order valence-electron chi connectivity index (χ4n) is 2.22. The van der Waals surface area contributed by atoms with Crippen molar-refractivity contribution in [2.24, 2.45) is 0 Å². The van der Waals surface area contributed by atoms with Gasteiger partial charge in [0.25, 0.3) is 0 Å². The van der Waals surface area contributed by atoms with Gasteiger partial charge in [-0.3, -0.25) is 0 Å². The molecule has 0 N–H and O–H groups in total. The zero-order valence-electron chi connectivity index (χ0n) is 8.84. The maximum Gasteiger partial charge on any atom is 0.187 e. The van der Waals surface area contributed by atoms with Gasteiger partial charge in [0.05, 0.1) is 13.2 Å². The minimum Gasteiger partial charge on any atom is -0.344 e. The Morgan fingerprint density at radius 1 is 0.857 bits per heavy atom. The molecule has 1 saturated heterocycles. The molecule has 1 spiro atoms. The van der Waals surface area contributed by atoms with Crippen LogP contribution in [-0.2, 0) is 9.47 Å². The van der Waals surface area contributed by atoms with Crippen LogP contribution in [0.3, 0.4) is 0 Å². The molecule has 0 bridgehead atoms. The van der Waals surface area contributed by atoms with Crippen LogP contribution in [0.5, 0.6) is 0 Å². The summed E-state index contributed by atoms with van der Waals surface area (Å²) in [5, 5.41) is 0. The first-order valence-corrected chi connectivity index (χ1v) is 5.87. The molecule has 0 aromatic heterocycles. The van der Waals surface area contributed by atoms with Crippen LogP contribution in [0.1, 0.15) is 44.9 Å². The lowest BCUT2D eigenvalue weighted by molar-refractivity contribution is -0.122. The second-order valence-corrected chi connectivity index (χ2v) is 4.22. The third-order valence-electron chi connectivity index (χ3n) is 3.04. The van der Waals surface area contributed by atoms with Gasteiger partial charge in [0.1, 0.15) is 0 Å². The summed E-state index contributed by atoms with van der Waals surface area (Å²) < 4.78 is 11.4. The topological polar surface area (TPSA) is 18.5 Å². The molecule has 2 nitrogen and oxygen atoms in total. The maximum absolute atomic E-state index is 5.70. The molecular formula is C12H20O2. The number of hydrogen-bond acceptors (Lipinski definition) is 2. The summed E-state index contributed by atoms with van der Waals surface area (Å²) >= 11 is 0. The van der Waals surface area contributed by atoms with E-state index < -0.39 is 0 Å². The molecular weight excluding hydrogens is 176 g/mol. The van der Waals surface area contributed by atoms with Gasteiger partial charge in [-0.15, -0.1) is 0 Å². The van der Waals surface area contributed by atoms with Gasteiger partial charge >= 0.3 is 0 Å². The van der Waals surface area contributed by atoms with Crippen LogP contribution in [-0.4, -0.2) is 19.0 Å². The Morgan fingerprint density at radius 2 is 1.57 bits per heavy atom. The lowest BCUT2D eigenvalue weighted by Gasteiger charge is -2.24. The Bertz CT molecular complexity index is 192. The molecule has 0 aromatic rings. The van der Waals surface area contributed by atoms with Crippen molar-refractivity contribution in [2.75, 3.05) is 13.2 Å². The predicted molar refractivity (Wildman–Crippen MR) is 56.1 cm³/mol. The minimum atomic E-state index is -0.350. The second-order valence-electron chi connectivity index (χ2n) is 4.22. The van der Waals surface area contributed by atoms with E-state index in [0.717, 1.165) is 19.6 Å². The first-order chi connectivity index (χ1) is 6.91. The molecule has 2 aliphatic rings. The molecule has 0 atom stereocenters. The Hall–Kier alpha value is -0.340. The zero-order valence-corrected chi connectivity index (χ0v) is 8.84. The molecule has 1 aliphatic carbocycles. The lowest BCUT2D eigenvalue weighted by atomic mass is 10.0. The summed E-state index contributed by atoms with van der Waals surface area (Å²) in [7, 11) is 0. The minimum absolute atomic E-state index is 0.350. The van der Waals surface area contributed by atoms with E-state index in [1.807, 2.05) is 0 Å². The van der Waals surface area contributed by atoms with Crippen LogP contribution in [0.15, 0.2) is 12.2 Å². The summed E-state index contributed by atoms with van der Waals surface area (Å²) in [5.74, 6) is -0.350. The molecule has 0 amide bonds. The van der Waals surface area contributed by atoms with E-state index in [2.05, 4.69) is 12.2 Å². The van der Waals surface area contributed by atoms with Gasteiger partial charge < -0.3 is 9.47 Å². The molecule has 1 aliphatic heterocycles. The predicted octanol–water partition coefficient (Wildman–Crippen LogP) is 3.03. The average Bonchev–Trinajstić information content (AvgIpc) is 2.66. The van der Waals surface area contributed by atoms with Crippen molar-refractivity contribution >= 4 is 0 Å². The molecule has 14 heavy (non-hydrogen) atoms. The van der Waals surface area contributed by atoms with Crippen molar-refractivity contribution in [3.63, 3.8) is 0 Å². The highest BCUT2D eigenvalue weighted by Gasteiger charge is 2.32.